The molecule has 1 aliphatic carbocycles. The van der Waals surface area contributed by atoms with Gasteiger partial charge in [-0.15, -0.1) is 0 Å². The van der Waals surface area contributed by atoms with Crippen molar-refractivity contribution in [2.24, 2.45) is 0 Å². The standard InChI is InChI=1S/C28H31FN4O5/c29-20-15-30-21-3-4-24(35)33(11-12-34)25(21)19(20)5-6-28-9-7-27(8-10-28,17-38-28)32-26(36)22-14-18-2-1-13-37-23(18)16-31-22/h3-4,14-16,34H,1-2,5-13,17H2,(H,32,36). The van der Waals surface area contributed by atoms with Crippen LogP contribution in [0.1, 0.15) is 60.1 Å². The first kappa shape index (κ1) is 24.9. The number of hydrogen-bond acceptors (Lipinski definition) is 7. The molecule has 0 radical (unpaired) electrons. The van der Waals surface area contributed by atoms with E-state index >= 15 is 0 Å². The van der Waals surface area contributed by atoms with Crippen LogP contribution >= 0.6 is 0 Å². The average molecular weight is 523 g/mol. The zero-order chi connectivity index (χ0) is 26.3. The second-order valence-electron chi connectivity index (χ2n) is 10.7. The molecular weight excluding hydrogens is 491 g/mol. The molecule has 4 aliphatic rings. The van der Waals surface area contributed by atoms with E-state index in [9.17, 15) is 19.1 Å². The maximum Gasteiger partial charge on any atom is 0.270 e. The van der Waals surface area contributed by atoms with Crippen LogP contribution in [-0.2, 0) is 24.1 Å². The van der Waals surface area contributed by atoms with Gasteiger partial charge in [-0.1, -0.05) is 0 Å². The summed E-state index contributed by atoms with van der Waals surface area (Å²) in [6, 6.07) is 4.80. The van der Waals surface area contributed by atoms with E-state index in [2.05, 4.69) is 15.3 Å². The molecule has 0 aromatic carbocycles. The molecule has 1 amide bonds. The third kappa shape index (κ3) is 4.45. The molecular formula is C28H31FN4O5. The highest BCUT2D eigenvalue weighted by Gasteiger charge is 2.50. The number of ether oxygens (including phenoxy) is 2. The number of carbonyl (C=O) groups is 1. The van der Waals surface area contributed by atoms with Crippen LogP contribution in [0, 0.1) is 5.82 Å². The summed E-state index contributed by atoms with van der Waals surface area (Å²) in [7, 11) is 0. The first-order valence-corrected chi connectivity index (χ1v) is 13.3. The van der Waals surface area contributed by atoms with Gasteiger partial charge in [0.05, 0.1) is 54.4 Å². The van der Waals surface area contributed by atoms with E-state index < -0.39 is 17.0 Å². The Morgan fingerprint density at radius 3 is 2.79 bits per heavy atom. The smallest absolute Gasteiger partial charge is 0.270 e. The van der Waals surface area contributed by atoms with Crippen molar-refractivity contribution in [2.75, 3.05) is 19.8 Å². The van der Waals surface area contributed by atoms with Crippen LogP contribution in [0.25, 0.3) is 11.0 Å². The SMILES string of the molecule is O=C(NC12CCC(CCc3c(F)cnc4ccc(=O)n(CCO)c34)(CC1)OC2)c1cc2c(cn1)OCCC2. The number of halogens is 1. The van der Waals surface area contributed by atoms with Crippen LogP contribution in [0.3, 0.4) is 0 Å². The maximum absolute atomic E-state index is 15.0. The molecule has 3 aromatic rings. The Morgan fingerprint density at radius 2 is 2.03 bits per heavy atom. The van der Waals surface area contributed by atoms with Crippen molar-refractivity contribution in [3.05, 3.63) is 63.6 Å². The van der Waals surface area contributed by atoms with Crippen LogP contribution < -0.4 is 15.6 Å². The summed E-state index contributed by atoms with van der Waals surface area (Å²) in [6.45, 7) is 0.908. The Bertz CT molecular complexity index is 1430. The Hall–Kier alpha value is -3.37. The molecule has 2 N–H and O–H groups in total. The van der Waals surface area contributed by atoms with Gasteiger partial charge in [0.1, 0.15) is 17.3 Å². The molecule has 6 heterocycles. The molecule has 0 unspecified atom stereocenters. The summed E-state index contributed by atoms with van der Waals surface area (Å²) in [5, 5.41) is 12.7. The molecule has 2 saturated heterocycles. The number of aromatic nitrogens is 3. The predicted octanol–water partition coefficient (Wildman–Crippen LogP) is 2.69. The zero-order valence-corrected chi connectivity index (χ0v) is 21.2. The molecule has 7 rings (SSSR count). The highest BCUT2D eigenvalue weighted by atomic mass is 19.1. The molecule has 3 aromatic heterocycles. The van der Waals surface area contributed by atoms with E-state index in [0.29, 0.717) is 48.3 Å². The van der Waals surface area contributed by atoms with E-state index in [1.54, 1.807) is 12.3 Å². The first-order valence-electron chi connectivity index (χ1n) is 13.3. The van der Waals surface area contributed by atoms with Gasteiger partial charge in [0.2, 0.25) is 0 Å². The van der Waals surface area contributed by atoms with Gasteiger partial charge in [0, 0.05) is 18.2 Å². The van der Waals surface area contributed by atoms with Crippen molar-refractivity contribution >= 4 is 16.9 Å². The first-order chi connectivity index (χ1) is 18.4. The van der Waals surface area contributed by atoms with Gasteiger partial charge in [0.15, 0.2) is 0 Å². The van der Waals surface area contributed by atoms with Crippen molar-refractivity contribution in [1.82, 2.24) is 19.9 Å². The molecule has 38 heavy (non-hydrogen) atoms. The van der Waals surface area contributed by atoms with E-state index in [4.69, 9.17) is 9.47 Å². The van der Waals surface area contributed by atoms with Crippen molar-refractivity contribution in [1.29, 1.82) is 0 Å². The summed E-state index contributed by atoms with van der Waals surface area (Å²) in [5.41, 5.74) is 1.61. The quantitative estimate of drug-likeness (QED) is 0.490. The molecule has 9 nitrogen and oxygen atoms in total. The van der Waals surface area contributed by atoms with E-state index in [1.165, 1.54) is 16.8 Å². The van der Waals surface area contributed by atoms with Gasteiger partial charge in [-0.2, -0.15) is 0 Å². The lowest BCUT2D eigenvalue weighted by Crippen LogP contribution is -2.63. The van der Waals surface area contributed by atoms with E-state index in [0.717, 1.165) is 49.8 Å². The number of nitrogens with one attached hydrogen (secondary N) is 1. The Balaban J connectivity index is 1.15. The molecule has 10 heteroatoms. The number of aryl methyl sites for hydroxylation is 2. The largest absolute Gasteiger partial charge is 0.492 e. The predicted molar refractivity (Wildman–Crippen MR) is 137 cm³/mol. The number of fused-ring (bicyclic) bond motifs is 5. The second kappa shape index (κ2) is 9.74. The third-order valence-electron chi connectivity index (χ3n) is 8.39. The minimum Gasteiger partial charge on any atom is -0.492 e. The normalized spacial score (nSPS) is 24.2. The van der Waals surface area contributed by atoms with E-state index in [1.807, 2.05) is 6.07 Å². The van der Waals surface area contributed by atoms with Crippen molar-refractivity contribution in [3.63, 3.8) is 0 Å². The van der Waals surface area contributed by atoms with Crippen molar-refractivity contribution < 1.29 is 23.8 Å². The summed E-state index contributed by atoms with van der Waals surface area (Å²) < 4.78 is 28.4. The monoisotopic (exact) mass is 522 g/mol. The Morgan fingerprint density at radius 1 is 1.18 bits per heavy atom. The minimum absolute atomic E-state index is 0.0737. The molecule has 1 saturated carbocycles. The van der Waals surface area contributed by atoms with Gasteiger partial charge in [0.25, 0.3) is 11.5 Å². The lowest BCUT2D eigenvalue weighted by molar-refractivity contribution is -0.162. The lowest BCUT2D eigenvalue weighted by Gasteiger charge is -2.53. The number of pyridine rings is 3. The molecule has 3 fully saturated rings. The number of carbonyl (C=O) groups excluding carboxylic acids is 1. The maximum atomic E-state index is 15.0. The topological polar surface area (TPSA) is 116 Å². The highest BCUT2D eigenvalue weighted by molar-refractivity contribution is 5.93. The van der Waals surface area contributed by atoms with Crippen molar-refractivity contribution in [3.8, 4) is 5.75 Å². The Kier molecular flexibility index (Phi) is 6.39. The van der Waals surface area contributed by atoms with Gasteiger partial charge in [-0.25, -0.2) is 9.37 Å². The number of nitrogens with zero attached hydrogens (tertiary/aromatic N) is 3. The summed E-state index contributed by atoms with van der Waals surface area (Å²) in [5.74, 6) is 0.0760. The van der Waals surface area contributed by atoms with Gasteiger partial charge in [-0.05, 0) is 69.1 Å². The fourth-order valence-corrected chi connectivity index (χ4v) is 6.15. The van der Waals surface area contributed by atoms with Gasteiger partial charge in [-0.3, -0.25) is 14.6 Å². The van der Waals surface area contributed by atoms with Crippen LogP contribution in [0.15, 0.2) is 35.4 Å². The van der Waals surface area contributed by atoms with Crippen LogP contribution in [0.5, 0.6) is 5.75 Å². The summed E-state index contributed by atoms with van der Waals surface area (Å²) in [4.78, 5) is 34.0. The molecule has 200 valence electrons. The number of amides is 1. The lowest BCUT2D eigenvalue weighted by atomic mass is 9.69. The van der Waals surface area contributed by atoms with Gasteiger partial charge < -0.3 is 24.5 Å². The second-order valence-corrected chi connectivity index (χ2v) is 10.7. The number of hydrogen-bond donors (Lipinski definition) is 2. The number of aliphatic hydroxyl groups is 1. The highest BCUT2D eigenvalue weighted by Crippen LogP contribution is 2.46. The number of rotatable bonds is 7. The van der Waals surface area contributed by atoms with E-state index in [-0.39, 0.29) is 24.6 Å². The number of aliphatic hydroxyl groups excluding tert-OH is 1. The van der Waals surface area contributed by atoms with Crippen LogP contribution in [0.4, 0.5) is 4.39 Å². The molecule has 0 atom stereocenters. The van der Waals surface area contributed by atoms with Crippen LogP contribution in [-0.4, -0.2) is 56.5 Å². The molecule has 3 aliphatic heterocycles. The fourth-order valence-electron chi connectivity index (χ4n) is 6.15. The Labute approximate surface area is 219 Å². The minimum atomic E-state index is -0.470. The van der Waals surface area contributed by atoms with Crippen molar-refractivity contribution in [2.45, 2.75) is 69.1 Å². The van der Waals surface area contributed by atoms with Gasteiger partial charge >= 0.3 is 0 Å². The summed E-state index contributed by atoms with van der Waals surface area (Å²) in [6.07, 6.45) is 8.60. The zero-order valence-electron chi connectivity index (χ0n) is 21.2. The molecule has 0 spiro atoms. The summed E-state index contributed by atoms with van der Waals surface area (Å²) >= 11 is 0. The molecule has 2 bridgehead atoms. The fraction of sp³-hybridized carbons (Fsp3) is 0.500. The average Bonchev–Trinajstić information content (AvgIpc) is 2.95. The van der Waals surface area contributed by atoms with Crippen LogP contribution in [0.2, 0.25) is 0 Å². The third-order valence-corrected chi connectivity index (χ3v) is 8.39.